The SMILES string of the molecule is N#CCCN1CCCN(Cc2ccccc2)C(=O)C1. The van der Waals surface area contributed by atoms with E-state index in [0.29, 0.717) is 26.1 Å². The van der Waals surface area contributed by atoms with Gasteiger partial charge in [0.15, 0.2) is 0 Å². The first-order valence-electron chi connectivity index (χ1n) is 6.70. The third kappa shape index (κ3) is 4.08. The second kappa shape index (κ2) is 6.91. The first-order chi connectivity index (χ1) is 9.29. The summed E-state index contributed by atoms with van der Waals surface area (Å²) in [7, 11) is 0. The summed E-state index contributed by atoms with van der Waals surface area (Å²) in [5, 5.41) is 8.61. The lowest BCUT2D eigenvalue weighted by molar-refractivity contribution is -0.131. The van der Waals surface area contributed by atoms with Crippen molar-refractivity contribution >= 4 is 5.91 Å². The third-order valence-corrected chi connectivity index (χ3v) is 3.37. The Hall–Kier alpha value is -1.86. The predicted octanol–water partition coefficient (Wildman–Crippen LogP) is 1.63. The van der Waals surface area contributed by atoms with Gasteiger partial charge in [-0.1, -0.05) is 30.3 Å². The first kappa shape index (κ1) is 13.6. The van der Waals surface area contributed by atoms with Gasteiger partial charge in [0.05, 0.1) is 12.6 Å². The zero-order valence-electron chi connectivity index (χ0n) is 11.1. The number of benzene rings is 1. The zero-order valence-corrected chi connectivity index (χ0v) is 11.1. The van der Waals surface area contributed by atoms with Gasteiger partial charge in [0.25, 0.3) is 0 Å². The molecular formula is C15H19N3O. The summed E-state index contributed by atoms with van der Waals surface area (Å²) in [6.45, 7) is 3.52. The number of nitrogens with zero attached hydrogens (tertiary/aromatic N) is 3. The fourth-order valence-corrected chi connectivity index (χ4v) is 2.35. The molecule has 0 aromatic heterocycles. The van der Waals surface area contributed by atoms with Crippen molar-refractivity contribution in [1.29, 1.82) is 5.26 Å². The minimum absolute atomic E-state index is 0.166. The molecule has 0 N–H and O–H groups in total. The second-order valence-electron chi connectivity index (χ2n) is 4.84. The van der Waals surface area contributed by atoms with Crippen molar-refractivity contribution in [3.05, 3.63) is 35.9 Å². The predicted molar refractivity (Wildman–Crippen MR) is 73.1 cm³/mol. The van der Waals surface area contributed by atoms with Gasteiger partial charge >= 0.3 is 0 Å². The van der Waals surface area contributed by atoms with E-state index in [2.05, 4.69) is 11.0 Å². The maximum Gasteiger partial charge on any atom is 0.237 e. The summed E-state index contributed by atoms with van der Waals surface area (Å²) in [5.74, 6) is 0.166. The Morgan fingerprint density at radius 1 is 1.21 bits per heavy atom. The van der Waals surface area contributed by atoms with E-state index < -0.39 is 0 Å². The Balaban J connectivity index is 1.93. The summed E-state index contributed by atoms with van der Waals surface area (Å²) in [5.41, 5.74) is 1.17. The van der Waals surface area contributed by atoms with Crippen molar-refractivity contribution in [2.45, 2.75) is 19.4 Å². The summed E-state index contributed by atoms with van der Waals surface area (Å²) < 4.78 is 0. The lowest BCUT2D eigenvalue weighted by atomic mass is 10.2. The molecule has 0 bridgehead atoms. The van der Waals surface area contributed by atoms with E-state index in [1.807, 2.05) is 35.2 Å². The molecule has 2 rings (SSSR count). The molecule has 4 nitrogen and oxygen atoms in total. The molecule has 1 aromatic rings. The molecule has 1 amide bonds. The molecule has 0 unspecified atom stereocenters. The molecule has 4 heteroatoms. The quantitative estimate of drug-likeness (QED) is 0.823. The Morgan fingerprint density at radius 2 is 2.00 bits per heavy atom. The monoisotopic (exact) mass is 257 g/mol. The van der Waals surface area contributed by atoms with E-state index in [1.54, 1.807) is 0 Å². The average Bonchev–Trinajstić information content (AvgIpc) is 2.60. The van der Waals surface area contributed by atoms with Crippen molar-refractivity contribution in [2.75, 3.05) is 26.2 Å². The van der Waals surface area contributed by atoms with Crippen LogP contribution in [-0.4, -0.2) is 41.9 Å². The molecule has 0 atom stereocenters. The van der Waals surface area contributed by atoms with Gasteiger partial charge in [0.2, 0.25) is 5.91 Å². The summed E-state index contributed by atoms with van der Waals surface area (Å²) in [4.78, 5) is 16.2. The third-order valence-electron chi connectivity index (χ3n) is 3.37. The van der Waals surface area contributed by atoms with Crippen molar-refractivity contribution in [3.8, 4) is 6.07 Å². The minimum atomic E-state index is 0.166. The van der Waals surface area contributed by atoms with Crippen LogP contribution in [0.4, 0.5) is 0 Å². The molecule has 19 heavy (non-hydrogen) atoms. The van der Waals surface area contributed by atoms with E-state index >= 15 is 0 Å². The van der Waals surface area contributed by atoms with Crippen LogP contribution in [-0.2, 0) is 11.3 Å². The Bertz CT molecular complexity index is 452. The smallest absolute Gasteiger partial charge is 0.237 e. The number of nitriles is 1. The zero-order chi connectivity index (χ0) is 13.5. The number of carbonyl (C=O) groups is 1. The van der Waals surface area contributed by atoms with Crippen LogP contribution in [0.2, 0.25) is 0 Å². The van der Waals surface area contributed by atoms with Gasteiger partial charge in [-0.2, -0.15) is 5.26 Å². The fourth-order valence-electron chi connectivity index (χ4n) is 2.35. The molecule has 1 fully saturated rings. The normalized spacial score (nSPS) is 17.0. The van der Waals surface area contributed by atoms with Crippen LogP contribution in [0.25, 0.3) is 0 Å². The molecule has 0 spiro atoms. The molecule has 100 valence electrons. The van der Waals surface area contributed by atoms with E-state index in [4.69, 9.17) is 5.26 Å². The average molecular weight is 257 g/mol. The molecule has 1 aromatic carbocycles. The number of carbonyl (C=O) groups excluding carboxylic acids is 1. The molecule has 0 radical (unpaired) electrons. The van der Waals surface area contributed by atoms with Gasteiger partial charge in [-0.3, -0.25) is 9.69 Å². The van der Waals surface area contributed by atoms with Crippen LogP contribution < -0.4 is 0 Å². The van der Waals surface area contributed by atoms with E-state index in [0.717, 1.165) is 19.5 Å². The topological polar surface area (TPSA) is 47.3 Å². The van der Waals surface area contributed by atoms with Crippen molar-refractivity contribution < 1.29 is 4.79 Å². The molecule has 1 heterocycles. The maximum atomic E-state index is 12.2. The van der Waals surface area contributed by atoms with Crippen LogP contribution in [0.1, 0.15) is 18.4 Å². The van der Waals surface area contributed by atoms with Crippen LogP contribution in [0.15, 0.2) is 30.3 Å². The molecule has 1 aliphatic rings. The fraction of sp³-hybridized carbons (Fsp3) is 0.467. The molecule has 0 aliphatic carbocycles. The Kier molecular flexibility index (Phi) is 4.93. The van der Waals surface area contributed by atoms with Crippen molar-refractivity contribution in [1.82, 2.24) is 9.80 Å². The highest BCUT2D eigenvalue weighted by molar-refractivity contribution is 5.78. The Labute approximate surface area is 114 Å². The van der Waals surface area contributed by atoms with E-state index in [-0.39, 0.29) is 5.91 Å². The van der Waals surface area contributed by atoms with Crippen molar-refractivity contribution in [3.63, 3.8) is 0 Å². The van der Waals surface area contributed by atoms with Gasteiger partial charge in [-0.25, -0.2) is 0 Å². The standard InChI is InChI=1S/C15H19N3O/c16-8-4-9-17-10-5-11-18(15(19)13-17)12-14-6-2-1-3-7-14/h1-3,6-7H,4-5,9-13H2. The maximum absolute atomic E-state index is 12.2. The van der Waals surface area contributed by atoms with Gasteiger partial charge < -0.3 is 4.90 Å². The lowest BCUT2D eigenvalue weighted by Gasteiger charge is -2.21. The number of hydrogen-bond donors (Lipinski definition) is 0. The number of hydrogen-bond acceptors (Lipinski definition) is 3. The van der Waals surface area contributed by atoms with Crippen LogP contribution in [0.3, 0.4) is 0 Å². The summed E-state index contributed by atoms with van der Waals surface area (Å²) in [6, 6.07) is 12.2. The highest BCUT2D eigenvalue weighted by Crippen LogP contribution is 2.10. The lowest BCUT2D eigenvalue weighted by Crippen LogP contribution is -2.36. The first-order valence-corrected chi connectivity index (χ1v) is 6.70. The van der Waals surface area contributed by atoms with Crippen LogP contribution in [0, 0.1) is 11.3 Å². The summed E-state index contributed by atoms with van der Waals surface area (Å²) >= 11 is 0. The molecule has 0 saturated carbocycles. The largest absolute Gasteiger partial charge is 0.337 e. The molecule has 1 aliphatic heterocycles. The van der Waals surface area contributed by atoms with Gasteiger partial charge in [-0.15, -0.1) is 0 Å². The van der Waals surface area contributed by atoms with Crippen LogP contribution >= 0.6 is 0 Å². The van der Waals surface area contributed by atoms with Gasteiger partial charge in [-0.05, 0) is 12.0 Å². The van der Waals surface area contributed by atoms with Gasteiger partial charge in [0, 0.05) is 32.6 Å². The minimum Gasteiger partial charge on any atom is -0.337 e. The highest BCUT2D eigenvalue weighted by Gasteiger charge is 2.21. The van der Waals surface area contributed by atoms with Crippen molar-refractivity contribution in [2.24, 2.45) is 0 Å². The summed E-state index contributed by atoms with van der Waals surface area (Å²) in [6.07, 6.45) is 1.47. The van der Waals surface area contributed by atoms with Crippen LogP contribution in [0.5, 0.6) is 0 Å². The van der Waals surface area contributed by atoms with E-state index in [9.17, 15) is 4.79 Å². The second-order valence-corrected chi connectivity index (χ2v) is 4.84. The van der Waals surface area contributed by atoms with E-state index in [1.165, 1.54) is 5.56 Å². The number of rotatable bonds is 4. The number of amides is 1. The molecular weight excluding hydrogens is 238 g/mol. The Morgan fingerprint density at radius 3 is 2.74 bits per heavy atom. The van der Waals surface area contributed by atoms with Gasteiger partial charge in [0.1, 0.15) is 0 Å². The highest BCUT2D eigenvalue weighted by atomic mass is 16.2. The molecule has 1 saturated heterocycles.